The van der Waals surface area contributed by atoms with Crippen LogP contribution in [0.15, 0.2) is 18.2 Å². The zero-order valence-electron chi connectivity index (χ0n) is 13.1. The number of nitrogens with one attached hydrogen (secondary N) is 1. The first-order valence-corrected chi connectivity index (χ1v) is 7.14. The van der Waals surface area contributed by atoms with Crippen molar-refractivity contribution in [3.05, 3.63) is 29.6 Å². The second-order valence-electron chi connectivity index (χ2n) is 5.80. The van der Waals surface area contributed by atoms with Crippen LogP contribution in [-0.4, -0.2) is 29.3 Å². The number of aryl methyl sites for hydroxylation is 1. The minimum Gasteiger partial charge on any atom is -0.494 e. The molecule has 0 heterocycles. The van der Waals surface area contributed by atoms with Crippen LogP contribution in [-0.2, 0) is 4.79 Å². The molecular formula is C16H24FNO3. The van der Waals surface area contributed by atoms with Gasteiger partial charge in [-0.05, 0) is 64.3 Å². The first kappa shape index (κ1) is 17.4. The van der Waals surface area contributed by atoms with E-state index >= 15 is 0 Å². The van der Waals surface area contributed by atoms with Crippen molar-refractivity contribution in [1.82, 2.24) is 5.32 Å². The molecule has 1 atom stereocenters. The van der Waals surface area contributed by atoms with E-state index in [-0.39, 0.29) is 11.9 Å². The highest BCUT2D eigenvalue weighted by Gasteiger charge is 2.32. The molecular weight excluding hydrogens is 273 g/mol. The van der Waals surface area contributed by atoms with Gasteiger partial charge in [-0.25, -0.2) is 4.39 Å². The Morgan fingerprint density at radius 1 is 1.48 bits per heavy atom. The maximum absolute atomic E-state index is 13.1. The number of aliphatic carboxylic acids is 1. The Bertz CT molecular complexity index is 490. The maximum Gasteiger partial charge on any atom is 0.323 e. The number of carboxylic acids is 1. The molecule has 118 valence electrons. The molecule has 0 aromatic heterocycles. The highest BCUT2D eigenvalue weighted by Crippen LogP contribution is 2.18. The number of carbonyl (C=O) groups is 1. The number of benzene rings is 1. The molecule has 0 aliphatic heterocycles. The molecule has 0 aliphatic rings. The lowest BCUT2D eigenvalue weighted by molar-refractivity contribution is -0.144. The molecule has 0 spiro atoms. The minimum absolute atomic E-state index is 0.0896. The molecule has 1 rings (SSSR count). The number of rotatable bonds is 8. The van der Waals surface area contributed by atoms with E-state index in [4.69, 9.17) is 4.74 Å². The fourth-order valence-corrected chi connectivity index (χ4v) is 2.20. The summed E-state index contributed by atoms with van der Waals surface area (Å²) in [5.41, 5.74) is -0.430. The van der Waals surface area contributed by atoms with Crippen LogP contribution in [0.1, 0.15) is 39.2 Å². The molecule has 0 saturated carbocycles. The molecule has 4 nitrogen and oxygen atoms in total. The van der Waals surface area contributed by atoms with Gasteiger partial charge in [0.2, 0.25) is 0 Å². The molecule has 5 heteroatoms. The molecule has 0 saturated heterocycles. The summed E-state index contributed by atoms with van der Waals surface area (Å²) >= 11 is 0. The van der Waals surface area contributed by atoms with E-state index in [0.29, 0.717) is 30.8 Å². The molecule has 0 fully saturated rings. The number of ether oxygens (including phenoxy) is 1. The third-order valence-corrected chi connectivity index (χ3v) is 3.30. The summed E-state index contributed by atoms with van der Waals surface area (Å²) < 4.78 is 18.7. The lowest BCUT2D eigenvalue weighted by atomic mass is 9.95. The molecule has 0 amide bonds. The average molecular weight is 297 g/mol. The summed E-state index contributed by atoms with van der Waals surface area (Å²) in [6.07, 6.45) is 1.06. The number of hydrogen-bond donors (Lipinski definition) is 2. The van der Waals surface area contributed by atoms with Gasteiger partial charge in [-0.2, -0.15) is 0 Å². The molecule has 0 aliphatic carbocycles. The zero-order valence-corrected chi connectivity index (χ0v) is 13.1. The topological polar surface area (TPSA) is 58.6 Å². The van der Waals surface area contributed by atoms with E-state index in [0.717, 1.165) is 0 Å². The second kappa shape index (κ2) is 7.41. The Balaban J connectivity index is 2.47. The molecule has 21 heavy (non-hydrogen) atoms. The molecule has 0 radical (unpaired) electrons. The second-order valence-corrected chi connectivity index (χ2v) is 5.80. The van der Waals surface area contributed by atoms with Crippen molar-refractivity contribution in [2.45, 2.75) is 52.1 Å². The van der Waals surface area contributed by atoms with Gasteiger partial charge in [0.05, 0.1) is 6.61 Å². The number of halogens is 1. The number of carboxylic acid groups (broad SMARTS) is 1. The quantitative estimate of drug-likeness (QED) is 0.724. The van der Waals surface area contributed by atoms with Crippen molar-refractivity contribution in [3.63, 3.8) is 0 Å². The fraction of sp³-hybridized carbons (Fsp3) is 0.562. The molecule has 2 N–H and O–H groups in total. The van der Waals surface area contributed by atoms with Crippen LogP contribution in [0.25, 0.3) is 0 Å². The van der Waals surface area contributed by atoms with Crippen molar-refractivity contribution in [2.75, 3.05) is 6.61 Å². The number of hydrogen-bond acceptors (Lipinski definition) is 3. The summed E-state index contributed by atoms with van der Waals surface area (Å²) in [6, 6.07) is 4.67. The smallest absolute Gasteiger partial charge is 0.323 e. The normalized spacial score (nSPS) is 14.0. The van der Waals surface area contributed by atoms with Crippen molar-refractivity contribution in [2.24, 2.45) is 0 Å². The SMILES string of the molecule is Cc1cc(OCCCC(C)(NC(C)C)C(=O)O)ccc1F. The summed E-state index contributed by atoms with van der Waals surface area (Å²) in [6.45, 7) is 7.58. The van der Waals surface area contributed by atoms with Crippen molar-refractivity contribution >= 4 is 5.97 Å². The van der Waals surface area contributed by atoms with Crippen LogP contribution in [0.5, 0.6) is 5.75 Å². The highest BCUT2D eigenvalue weighted by molar-refractivity contribution is 5.78. The van der Waals surface area contributed by atoms with E-state index in [2.05, 4.69) is 5.32 Å². The third kappa shape index (κ3) is 5.34. The van der Waals surface area contributed by atoms with Crippen LogP contribution in [0, 0.1) is 12.7 Å². The predicted molar refractivity (Wildman–Crippen MR) is 80.2 cm³/mol. The Morgan fingerprint density at radius 3 is 2.67 bits per heavy atom. The Morgan fingerprint density at radius 2 is 2.14 bits per heavy atom. The van der Waals surface area contributed by atoms with Gasteiger partial charge in [-0.3, -0.25) is 10.1 Å². The fourth-order valence-electron chi connectivity index (χ4n) is 2.20. The average Bonchev–Trinajstić information content (AvgIpc) is 2.38. The summed E-state index contributed by atoms with van der Waals surface area (Å²) in [5, 5.41) is 12.4. The van der Waals surface area contributed by atoms with Gasteiger partial charge in [0.1, 0.15) is 17.1 Å². The standard InChI is InChI=1S/C16H24FNO3/c1-11(2)18-16(4,15(19)20)8-5-9-21-13-6-7-14(17)12(3)10-13/h6-7,10-11,18H,5,8-9H2,1-4H3,(H,19,20). The zero-order chi connectivity index (χ0) is 16.0. The van der Waals surface area contributed by atoms with E-state index in [1.807, 2.05) is 13.8 Å². The van der Waals surface area contributed by atoms with Crippen molar-refractivity contribution < 1.29 is 19.0 Å². The van der Waals surface area contributed by atoms with Crippen LogP contribution in [0.2, 0.25) is 0 Å². The first-order valence-electron chi connectivity index (χ1n) is 7.14. The van der Waals surface area contributed by atoms with E-state index in [1.165, 1.54) is 6.07 Å². The van der Waals surface area contributed by atoms with Gasteiger partial charge in [0.25, 0.3) is 0 Å². The van der Waals surface area contributed by atoms with Crippen LogP contribution < -0.4 is 10.1 Å². The van der Waals surface area contributed by atoms with Gasteiger partial charge in [0.15, 0.2) is 0 Å². The summed E-state index contributed by atoms with van der Waals surface area (Å²) in [4.78, 5) is 11.4. The molecule has 1 aromatic carbocycles. The van der Waals surface area contributed by atoms with Crippen LogP contribution in [0.4, 0.5) is 4.39 Å². The van der Waals surface area contributed by atoms with Crippen molar-refractivity contribution in [1.29, 1.82) is 0 Å². The molecule has 0 bridgehead atoms. The molecule has 1 unspecified atom stereocenters. The van der Waals surface area contributed by atoms with Crippen molar-refractivity contribution in [3.8, 4) is 5.75 Å². The Hall–Kier alpha value is -1.62. The van der Waals surface area contributed by atoms with Crippen LogP contribution >= 0.6 is 0 Å². The van der Waals surface area contributed by atoms with Gasteiger partial charge in [-0.15, -0.1) is 0 Å². The summed E-state index contributed by atoms with van der Waals surface area (Å²) in [5.74, 6) is -0.529. The first-order chi connectivity index (χ1) is 9.74. The van der Waals surface area contributed by atoms with E-state index in [9.17, 15) is 14.3 Å². The van der Waals surface area contributed by atoms with Gasteiger partial charge in [0, 0.05) is 6.04 Å². The Kier molecular flexibility index (Phi) is 6.15. The monoisotopic (exact) mass is 297 g/mol. The maximum atomic E-state index is 13.1. The van der Waals surface area contributed by atoms with Gasteiger partial charge < -0.3 is 9.84 Å². The third-order valence-electron chi connectivity index (χ3n) is 3.30. The summed E-state index contributed by atoms with van der Waals surface area (Å²) in [7, 11) is 0. The highest BCUT2D eigenvalue weighted by atomic mass is 19.1. The lowest BCUT2D eigenvalue weighted by Gasteiger charge is -2.28. The largest absolute Gasteiger partial charge is 0.494 e. The van der Waals surface area contributed by atoms with E-state index in [1.54, 1.807) is 26.0 Å². The van der Waals surface area contributed by atoms with Gasteiger partial charge >= 0.3 is 5.97 Å². The van der Waals surface area contributed by atoms with E-state index < -0.39 is 11.5 Å². The lowest BCUT2D eigenvalue weighted by Crippen LogP contribution is -2.52. The molecule has 1 aromatic rings. The minimum atomic E-state index is -0.962. The Labute approximate surface area is 125 Å². The predicted octanol–water partition coefficient (Wildman–Crippen LogP) is 3.13. The van der Waals surface area contributed by atoms with Crippen LogP contribution in [0.3, 0.4) is 0 Å². The van der Waals surface area contributed by atoms with Gasteiger partial charge in [-0.1, -0.05) is 0 Å².